The van der Waals surface area contributed by atoms with Gasteiger partial charge >= 0.3 is 6.18 Å². The summed E-state index contributed by atoms with van der Waals surface area (Å²) in [7, 11) is 0. The van der Waals surface area contributed by atoms with Crippen molar-refractivity contribution in [1.82, 2.24) is 10.3 Å². The molecular weight excluding hydrogens is 297 g/mol. The van der Waals surface area contributed by atoms with Crippen LogP contribution in [-0.2, 0) is 6.18 Å². The van der Waals surface area contributed by atoms with E-state index in [4.69, 9.17) is 0 Å². The first-order chi connectivity index (χ1) is 9.91. The van der Waals surface area contributed by atoms with Gasteiger partial charge in [0.05, 0.1) is 0 Å². The maximum Gasteiger partial charge on any atom is 0.443 e. The number of halogens is 3. The van der Waals surface area contributed by atoms with Crippen LogP contribution in [0.4, 0.5) is 13.2 Å². The van der Waals surface area contributed by atoms with Crippen LogP contribution in [0.15, 0.2) is 6.20 Å². The minimum atomic E-state index is -4.33. The number of nitrogens with zero attached hydrogens (tertiary/aromatic N) is 1. The molecule has 1 fully saturated rings. The molecule has 1 heterocycles. The Kier molecular flexibility index (Phi) is 5.66. The van der Waals surface area contributed by atoms with E-state index in [1.165, 1.54) is 19.0 Å². The summed E-state index contributed by atoms with van der Waals surface area (Å²) in [6, 6.07) is 0.0195. The van der Waals surface area contributed by atoms with Gasteiger partial charge in [-0.3, -0.25) is 0 Å². The molecule has 1 aromatic rings. The van der Waals surface area contributed by atoms with Gasteiger partial charge in [-0.15, -0.1) is 11.3 Å². The quantitative estimate of drug-likeness (QED) is 0.823. The van der Waals surface area contributed by atoms with Crippen LogP contribution >= 0.6 is 11.3 Å². The fourth-order valence-corrected chi connectivity index (χ4v) is 3.93. The summed E-state index contributed by atoms with van der Waals surface area (Å²) in [5, 5.41) is 2.71. The van der Waals surface area contributed by atoms with Crippen molar-refractivity contribution in [2.75, 3.05) is 6.54 Å². The van der Waals surface area contributed by atoms with Gasteiger partial charge in [0.1, 0.15) is 0 Å². The molecule has 0 spiro atoms. The highest BCUT2D eigenvalue weighted by molar-refractivity contribution is 7.11. The summed E-state index contributed by atoms with van der Waals surface area (Å²) in [6.45, 7) is 5.15. The van der Waals surface area contributed by atoms with E-state index in [-0.39, 0.29) is 6.04 Å². The first-order valence-electron chi connectivity index (χ1n) is 7.68. The second-order valence-corrected chi connectivity index (χ2v) is 7.08. The third-order valence-electron chi connectivity index (χ3n) is 4.22. The Balaban J connectivity index is 2.13. The number of hydrogen-bond acceptors (Lipinski definition) is 3. The summed E-state index contributed by atoms with van der Waals surface area (Å²) in [5.74, 6) is 1.16. The van der Waals surface area contributed by atoms with Crippen molar-refractivity contribution in [3.63, 3.8) is 0 Å². The highest BCUT2D eigenvalue weighted by Crippen LogP contribution is 2.40. The summed E-state index contributed by atoms with van der Waals surface area (Å²) in [4.78, 5) is 4.31. The van der Waals surface area contributed by atoms with E-state index in [0.717, 1.165) is 47.9 Å². The Bertz CT molecular complexity index is 436. The molecule has 2 rings (SSSR count). The summed E-state index contributed by atoms with van der Waals surface area (Å²) in [6.07, 6.45) is 2.56. The van der Waals surface area contributed by atoms with Crippen LogP contribution in [-0.4, -0.2) is 11.5 Å². The zero-order chi connectivity index (χ0) is 15.5. The van der Waals surface area contributed by atoms with Crippen molar-refractivity contribution >= 4 is 11.3 Å². The number of hydrogen-bond donors (Lipinski definition) is 1. The molecular formula is C15H23F3N2S. The van der Waals surface area contributed by atoms with Crippen LogP contribution < -0.4 is 5.32 Å². The molecule has 1 unspecified atom stereocenters. The van der Waals surface area contributed by atoms with Gasteiger partial charge in [-0.25, -0.2) is 4.98 Å². The molecule has 1 N–H and O–H groups in total. The van der Waals surface area contributed by atoms with E-state index in [9.17, 15) is 13.2 Å². The Morgan fingerprint density at radius 2 is 2.00 bits per heavy atom. The molecule has 2 nitrogen and oxygen atoms in total. The number of alkyl halides is 3. The molecule has 0 aromatic carbocycles. The largest absolute Gasteiger partial charge is 0.443 e. The third kappa shape index (κ3) is 4.42. The zero-order valence-electron chi connectivity index (χ0n) is 12.5. The molecule has 0 saturated heterocycles. The van der Waals surface area contributed by atoms with Crippen molar-refractivity contribution < 1.29 is 13.2 Å². The minimum absolute atomic E-state index is 0.0195. The minimum Gasteiger partial charge on any atom is -0.309 e. The SMILES string of the molecule is CCCNC(c1cnc(C(F)(F)F)s1)C1CCC(C)CC1. The maximum atomic E-state index is 12.7. The summed E-state index contributed by atoms with van der Waals surface area (Å²) < 4.78 is 38.2. The van der Waals surface area contributed by atoms with Gasteiger partial charge in [-0.05, 0) is 37.6 Å². The van der Waals surface area contributed by atoms with Gasteiger partial charge in [-0.2, -0.15) is 13.2 Å². The lowest BCUT2D eigenvalue weighted by molar-refractivity contribution is -0.137. The third-order valence-corrected chi connectivity index (χ3v) is 5.34. The number of aromatic nitrogens is 1. The Morgan fingerprint density at radius 1 is 1.33 bits per heavy atom. The second-order valence-electron chi connectivity index (χ2n) is 6.02. The van der Waals surface area contributed by atoms with Gasteiger partial charge in [-0.1, -0.05) is 26.7 Å². The molecule has 1 aliphatic rings. The number of nitrogens with one attached hydrogen (secondary N) is 1. The predicted octanol–water partition coefficient (Wildman–Crippen LogP) is 5.03. The van der Waals surface area contributed by atoms with Crippen LogP contribution in [0.2, 0.25) is 0 Å². The molecule has 1 saturated carbocycles. The molecule has 0 aliphatic heterocycles. The topological polar surface area (TPSA) is 24.9 Å². The zero-order valence-corrected chi connectivity index (χ0v) is 13.4. The highest BCUT2D eigenvalue weighted by Gasteiger charge is 2.36. The Morgan fingerprint density at radius 3 is 2.52 bits per heavy atom. The fraction of sp³-hybridized carbons (Fsp3) is 0.800. The summed E-state index contributed by atoms with van der Waals surface area (Å²) in [5.41, 5.74) is 0. The molecule has 0 bridgehead atoms. The molecule has 1 atom stereocenters. The lowest BCUT2D eigenvalue weighted by Gasteiger charge is -2.32. The second kappa shape index (κ2) is 7.09. The normalized spacial score (nSPS) is 25.0. The number of rotatable bonds is 5. The van der Waals surface area contributed by atoms with Crippen LogP contribution in [0.25, 0.3) is 0 Å². The van der Waals surface area contributed by atoms with Crippen LogP contribution in [0.5, 0.6) is 0 Å². The van der Waals surface area contributed by atoms with Crippen molar-refractivity contribution in [3.05, 3.63) is 16.1 Å². The maximum absolute atomic E-state index is 12.7. The fourth-order valence-electron chi connectivity index (χ4n) is 2.98. The average molecular weight is 320 g/mol. The van der Waals surface area contributed by atoms with Crippen molar-refractivity contribution in [3.8, 4) is 0 Å². The Hall–Kier alpha value is -0.620. The van der Waals surface area contributed by atoms with Gasteiger partial charge in [0, 0.05) is 17.1 Å². The molecule has 0 amide bonds. The number of thiazole rings is 1. The van der Waals surface area contributed by atoms with Crippen molar-refractivity contribution in [2.24, 2.45) is 11.8 Å². The average Bonchev–Trinajstić information content (AvgIpc) is 2.91. The monoisotopic (exact) mass is 320 g/mol. The van der Waals surface area contributed by atoms with Gasteiger partial charge < -0.3 is 5.32 Å². The highest BCUT2D eigenvalue weighted by atomic mass is 32.1. The van der Waals surface area contributed by atoms with Gasteiger partial charge in [0.15, 0.2) is 5.01 Å². The molecule has 0 radical (unpaired) electrons. The van der Waals surface area contributed by atoms with E-state index in [1.54, 1.807) is 0 Å². The lowest BCUT2D eigenvalue weighted by Crippen LogP contribution is -2.30. The van der Waals surface area contributed by atoms with Crippen molar-refractivity contribution in [1.29, 1.82) is 0 Å². The first kappa shape index (κ1) is 16.7. The van der Waals surface area contributed by atoms with E-state index in [2.05, 4.69) is 24.1 Å². The Labute approximate surface area is 128 Å². The molecule has 1 aliphatic carbocycles. The van der Waals surface area contributed by atoms with Gasteiger partial charge in [0.2, 0.25) is 0 Å². The predicted molar refractivity (Wildman–Crippen MR) is 79.3 cm³/mol. The molecule has 1 aromatic heterocycles. The first-order valence-corrected chi connectivity index (χ1v) is 8.49. The standard InChI is InChI=1S/C15H23F3N2S/c1-3-8-19-13(11-6-4-10(2)5-7-11)12-9-20-14(21-12)15(16,17)18/h9-11,13,19H,3-8H2,1-2H3. The van der Waals surface area contributed by atoms with Crippen molar-refractivity contribution in [2.45, 2.75) is 58.2 Å². The molecule has 21 heavy (non-hydrogen) atoms. The van der Waals surface area contributed by atoms with E-state index >= 15 is 0 Å². The van der Waals surface area contributed by atoms with E-state index in [0.29, 0.717) is 5.92 Å². The van der Waals surface area contributed by atoms with Gasteiger partial charge in [0.25, 0.3) is 0 Å². The molecule has 120 valence electrons. The lowest BCUT2D eigenvalue weighted by atomic mass is 9.79. The molecule has 6 heteroatoms. The van der Waals surface area contributed by atoms with Crippen LogP contribution in [0.3, 0.4) is 0 Å². The smallest absolute Gasteiger partial charge is 0.309 e. The summed E-state index contributed by atoms with van der Waals surface area (Å²) >= 11 is 0.794. The van der Waals surface area contributed by atoms with Crippen LogP contribution in [0, 0.1) is 11.8 Å². The van der Waals surface area contributed by atoms with E-state index < -0.39 is 11.2 Å². The van der Waals surface area contributed by atoms with E-state index in [1.807, 2.05) is 0 Å². The van der Waals surface area contributed by atoms with Crippen LogP contribution in [0.1, 0.15) is 61.9 Å².